The highest BCUT2D eigenvalue weighted by molar-refractivity contribution is 5.69. The number of esters is 1. The summed E-state index contributed by atoms with van der Waals surface area (Å²) in [7, 11) is 0. The van der Waals surface area contributed by atoms with Crippen molar-refractivity contribution in [2.75, 3.05) is 59.5 Å². The predicted molar refractivity (Wildman–Crippen MR) is 149 cm³/mol. The van der Waals surface area contributed by atoms with Crippen molar-refractivity contribution in [3.63, 3.8) is 0 Å². The van der Waals surface area contributed by atoms with Gasteiger partial charge in [-0.15, -0.1) is 0 Å². The number of ether oxygens (including phenoxy) is 5. The number of unbranched alkanes of at least 4 members (excludes halogenated alkanes) is 8. The van der Waals surface area contributed by atoms with Gasteiger partial charge in [-0.3, -0.25) is 4.79 Å². The van der Waals surface area contributed by atoms with Crippen molar-refractivity contribution in [1.29, 1.82) is 0 Å². The fourth-order valence-corrected chi connectivity index (χ4v) is 3.96. The van der Waals surface area contributed by atoms with Gasteiger partial charge in [-0.25, -0.2) is 0 Å². The Morgan fingerprint density at radius 2 is 1.03 bits per heavy atom. The Bertz CT molecular complexity index is 443. The lowest BCUT2D eigenvalue weighted by molar-refractivity contribution is -0.145. The van der Waals surface area contributed by atoms with E-state index < -0.39 is 0 Å². The minimum absolute atomic E-state index is 0.0918. The Balaban J connectivity index is 3.67. The lowest BCUT2D eigenvalue weighted by Gasteiger charge is -2.17. The SMILES string of the molecule is CCCCCCCCC(CCCCCC)COC(=O)CCCOCCOCCOCCOCC(C)C. The van der Waals surface area contributed by atoms with Crippen molar-refractivity contribution in [2.45, 2.75) is 118 Å². The molecule has 36 heavy (non-hydrogen) atoms. The van der Waals surface area contributed by atoms with Crippen molar-refractivity contribution < 1.29 is 28.5 Å². The molecule has 0 amide bonds. The van der Waals surface area contributed by atoms with Gasteiger partial charge >= 0.3 is 5.97 Å². The first-order valence-electron chi connectivity index (χ1n) is 15.1. The summed E-state index contributed by atoms with van der Waals surface area (Å²) in [5.41, 5.74) is 0. The predicted octanol–water partition coefficient (Wildman–Crippen LogP) is 7.37. The lowest BCUT2D eigenvalue weighted by atomic mass is 9.95. The highest BCUT2D eigenvalue weighted by Gasteiger charge is 2.12. The molecule has 0 radical (unpaired) electrons. The summed E-state index contributed by atoms with van der Waals surface area (Å²) < 4.78 is 27.6. The molecule has 0 bridgehead atoms. The van der Waals surface area contributed by atoms with E-state index in [0.717, 1.165) is 6.61 Å². The smallest absolute Gasteiger partial charge is 0.305 e. The molecule has 0 aliphatic rings. The van der Waals surface area contributed by atoms with E-state index in [4.69, 9.17) is 23.7 Å². The van der Waals surface area contributed by atoms with Gasteiger partial charge in [-0.05, 0) is 31.1 Å². The average Bonchev–Trinajstić information content (AvgIpc) is 2.86. The van der Waals surface area contributed by atoms with Gasteiger partial charge in [0.1, 0.15) is 0 Å². The molecular weight excluding hydrogens is 456 g/mol. The second-order valence-corrected chi connectivity index (χ2v) is 10.4. The third-order valence-corrected chi connectivity index (χ3v) is 6.15. The van der Waals surface area contributed by atoms with Gasteiger partial charge in [0.05, 0.1) is 46.2 Å². The highest BCUT2D eigenvalue weighted by atomic mass is 16.6. The molecule has 0 N–H and O–H groups in total. The number of rotatable bonds is 29. The van der Waals surface area contributed by atoms with E-state index in [0.29, 0.717) is 77.5 Å². The van der Waals surface area contributed by atoms with Crippen LogP contribution in [0.5, 0.6) is 0 Å². The van der Waals surface area contributed by atoms with Crippen LogP contribution in [0.25, 0.3) is 0 Å². The third kappa shape index (κ3) is 27.9. The first kappa shape index (κ1) is 35.3. The molecule has 0 aliphatic heterocycles. The molecule has 216 valence electrons. The molecule has 0 fully saturated rings. The van der Waals surface area contributed by atoms with E-state index >= 15 is 0 Å². The normalized spacial score (nSPS) is 12.4. The first-order chi connectivity index (χ1) is 17.6. The fourth-order valence-electron chi connectivity index (χ4n) is 3.96. The molecular formula is C30H60O6. The summed E-state index contributed by atoms with van der Waals surface area (Å²) in [5, 5.41) is 0. The monoisotopic (exact) mass is 516 g/mol. The maximum absolute atomic E-state index is 12.2. The third-order valence-electron chi connectivity index (χ3n) is 6.15. The molecule has 0 spiro atoms. The largest absolute Gasteiger partial charge is 0.465 e. The lowest BCUT2D eigenvalue weighted by Crippen LogP contribution is -2.15. The van der Waals surface area contributed by atoms with Crippen molar-refractivity contribution in [3.05, 3.63) is 0 Å². The van der Waals surface area contributed by atoms with Gasteiger partial charge in [0.2, 0.25) is 0 Å². The molecule has 0 saturated heterocycles. The zero-order valence-electron chi connectivity index (χ0n) is 24.4. The van der Waals surface area contributed by atoms with E-state index in [2.05, 4.69) is 27.7 Å². The van der Waals surface area contributed by atoms with Crippen LogP contribution < -0.4 is 0 Å². The zero-order chi connectivity index (χ0) is 26.5. The summed E-state index contributed by atoms with van der Waals surface area (Å²) in [4.78, 5) is 12.2. The van der Waals surface area contributed by atoms with Crippen LogP contribution in [-0.2, 0) is 28.5 Å². The van der Waals surface area contributed by atoms with Gasteiger partial charge in [0.15, 0.2) is 0 Å². The molecule has 0 aromatic heterocycles. The Labute approximate surface area is 223 Å². The van der Waals surface area contributed by atoms with Crippen LogP contribution in [0.3, 0.4) is 0 Å². The van der Waals surface area contributed by atoms with Gasteiger partial charge in [-0.2, -0.15) is 0 Å². The number of carbonyl (C=O) groups is 1. The summed E-state index contributed by atoms with van der Waals surface area (Å²) in [5.74, 6) is 0.976. The first-order valence-corrected chi connectivity index (χ1v) is 15.1. The zero-order valence-corrected chi connectivity index (χ0v) is 24.4. The number of carbonyl (C=O) groups excluding carboxylic acids is 1. The quantitative estimate of drug-likeness (QED) is 0.0764. The van der Waals surface area contributed by atoms with E-state index in [1.807, 2.05) is 0 Å². The Kier molecular flexibility index (Phi) is 28.3. The maximum atomic E-state index is 12.2. The molecule has 0 saturated carbocycles. The van der Waals surface area contributed by atoms with E-state index in [9.17, 15) is 4.79 Å². The van der Waals surface area contributed by atoms with Crippen molar-refractivity contribution >= 4 is 5.97 Å². The molecule has 0 aromatic rings. The van der Waals surface area contributed by atoms with E-state index in [-0.39, 0.29) is 5.97 Å². The van der Waals surface area contributed by atoms with Gasteiger partial charge in [0, 0.05) is 19.6 Å². The van der Waals surface area contributed by atoms with Crippen LogP contribution in [0.1, 0.15) is 118 Å². The minimum Gasteiger partial charge on any atom is -0.465 e. The molecule has 0 aromatic carbocycles. The summed E-state index contributed by atoms with van der Waals surface area (Å²) >= 11 is 0. The molecule has 1 unspecified atom stereocenters. The van der Waals surface area contributed by atoms with Crippen LogP contribution >= 0.6 is 0 Å². The Morgan fingerprint density at radius 3 is 1.58 bits per heavy atom. The molecule has 1 atom stereocenters. The Morgan fingerprint density at radius 1 is 0.556 bits per heavy atom. The number of hydrogen-bond acceptors (Lipinski definition) is 6. The average molecular weight is 517 g/mol. The number of hydrogen-bond donors (Lipinski definition) is 0. The topological polar surface area (TPSA) is 63.2 Å². The summed E-state index contributed by atoms with van der Waals surface area (Å²) in [6.45, 7) is 14.1. The van der Waals surface area contributed by atoms with Crippen LogP contribution in [0.15, 0.2) is 0 Å². The second-order valence-electron chi connectivity index (χ2n) is 10.4. The van der Waals surface area contributed by atoms with Crippen LogP contribution in [-0.4, -0.2) is 65.4 Å². The maximum Gasteiger partial charge on any atom is 0.305 e. The van der Waals surface area contributed by atoms with Crippen LogP contribution in [0.4, 0.5) is 0 Å². The standard InChI is InChI=1S/C30H60O6/c1-5-7-9-11-12-14-17-29(16-13-10-8-6-2)27-36-30(31)18-15-19-32-20-21-33-22-23-34-24-25-35-26-28(3)4/h28-29H,5-27H2,1-4H3. The molecule has 0 rings (SSSR count). The fraction of sp³-hybridized carbons (Fsp3) is 0.967. The van der Waals surface area contributed by atoms with E-state index in [1.54, 1.807) is 0 Å². The molecule has 0 heterocycles. The van der Waals surface area contributed by atoms with Crippen molar-refractivity contribution in [3.8, 4) is 0 Å². The molecule has 6 heteroatoms. The Hall–Kier alpha value is -0.690. The van der Waals surface area contributed by atoms with Gasteiger partial charge in [-0.1, -0.05) is 91.9 Å². The molecule has 0 aliphatic carbocycles. The summed E-state index contributed by atoms with van der Waals surface area (Å²) in [6, 6.07) is 0. The summed E-state index contributed by atoms with van der Waals surface area (Å²) in [6.07, 6.45) is 16.5. The second kappa shape index (κ2) is 28.9. The van der Waals surface area contributed by atoms with Crippen molar-refractivity contribution in [2.24, 2.45) is 11.8 Å². The van der Waals surface area contributed by atoms with Gasteiger partial charge < -0.3 is 23.7 Å². The molecule has 6 nitrogen and oxygen atoms in total. The van der Waals surface area contributed by atoms with Crippen LogP contribution in [0, 0.1) is 11.8 Å². The van der Waals surface area contributed by atoms with Gasteiger partial charge in [0.25, 0.3) is 0 Å². The van der Waals surface area contributed by atoms with E-state index in [1.165, 1.54) is 77.0 Å². The van der Waals surface area contributed by atoms with Crippen LogP contribution in [0.2, 0.25) is 0 Å². The minimum atomic E-state index is -0.0918. The highest BCUT2D eigenvalue weighted by Crippen LogP contribution is 2.19. The van der Waals surface area contributed by atoms with Crippen molar-refractivity contribution in [1.82, 2.24) is 0 Å².